The zero-order valence-corrected chi connectivity index (χ0v) is 23.4. The number of nitriles is 1. The van der Waals surface area contributed by atoms with Gasteiger partial charge in [-0.1, -0.05) is 0 Å². The van der Waals surface area contributed by atoms with E-state index in [-0.39, 0.29) is 17.9 Å². The summed E-state index contributed by atoms with van der Waals surface area (Å²) in [5, 5.41) is 23.3. The van der Waals surface area contributed by atoms with Crippen molar-refractivity contribution in [1.29, 1.82) is 5.26 Å². The average Bonchev–Trinajstić information content (AvgIpc) is 2.92. The highest BCUT2D eigenvalue weighted by atomic mass is 127. The van der Waals surface area contributed by atoms with E-state index in [2.05, 4.69) is 46.7 Å². The maximum absolute atomic E-state index is 12.8. The maximum Gasteiger partial charge on any atom is 0.269 e. The smallest absolute Gasteiger partial charge is 0.269 e. The summed E-state index contributed by atoms with van der Waals surface area (Å²) < 4.78 is 12.1. The molecular formula is C28H27IN4O5. The summed E-state index contributed by atoms with van der Waals surface area (Å²) in [4.78, 5) is 25.4. The van der Waals surface area contributed by atoms with Gasteiger partial charge >= 0.3 is 0 Å². The number of ether oxygens (including phenoxy) is 2. The first kappa shape index (κ1) is 28.5. The fourth-order valence-corrected chi connectivity index (χ4v) is 4.47. The van der Waals surface area contributed by atoms with Crippen molar-refractivity contribution in [2.75, 3.05) is 30.4 Å². The van der Waals surface area contributed by atoms with Crippen molar-refractivity contribution in [1.82, 2.24) is 0 Å². The third-order valence-corrected chi connectivity index (χ3v) is 6.51. The molecule has 0 aliphatic heterocycles. The van der Waals surface area contributed by atoms with Gasteiger partial charge in [0, 0.05) is 36.6 Å². The van der Waals surface area contributed by atoms with Gasteiger partial charge in [0.1, 0.15) is 18.2 Å². The lowest BCUT2D eigenvalue weighted by Crippen LogP contribution is -2.21. The summed E-state index contributed by atoms with van der Waals surface area (Å²) in [6, 6.07) is 19.0. The number of halogens is 1. The van der Waals surface area contributed by atoms with Gasteiger partial charge in [0.25, 0.3) is 11.6 Å². The molecule has 0 radical (unpaired) electrons. The van der Waals surface area contributed by atoms with Crippen LogP contribution in [0.15, 0.2) is 66.2 Å². The molecule has 0 aromatic heterocycles. The highest BCUT2D eigenvalue weighted by Gasteiger charge is 2.15. The SMILES string of the molecule is CCN(CC)c1ccc(NC(=O)/C(C#N)=C\c2cc(I)c(OCc3ccc([N+](=O)[O-])cc3)c(OC)c2)cc1. The molecule has 0 atom stereocenters. The molecule has 0 spiro atoms. The third-order valence-electron chi connectivity index (χ3n) is 5.71. The van der Waals surface area contributed by atoms with Crippen LogP contribution in [0, 0.1) is 25.0 Å². The van der Waals surface area contributed by atoms with Gasteiger partial charge in [-0.15, -0.1) is 0 Å². The van der Waals surface area contributed by atoms with Gasteiger partial charge in [-0.25, -0.2) is 0 Å². The van der Waals surface area contributed by atoms with Crippen molar-refractivity contribution in [2.24, 2.45) is 0 Å². The van der Waals surface area contributed by atoms with Crippen LogP contribution < -0.4 is 19.7 Å². The van der Waals surface area contributed by atoms with Gasteiger partial charge < -0.3 is 19.7 Å². The molecule has 0 bridgehead atoms. The number of amides is 1. The van der Waals surface area contributed by atoms with E-state index in [1.807, 2.05) is 30.3 Å². The molecule has 38 heavy (non-hydrogen) atoms. The standard InChI is InChI=1S/C28H27IN4O5/c1-4-32(5-2)23-12-8-22(9-13-23)31-28(34)21(17-30)14-20-15-25(29)27(26(16-20)37-3)38-18-19-6-10-24(11-7-19)33(35)36/h6-16H,4-5,18H2,1-3H3,(H,31,34)/b21-14-. The molecule has 0 fully saturated rings. The number of nitro groups is 1. The lowest BCUT2D eigenvalue weighted by Gasteiger charge is -2.21. The van der Waals surface area contributed by atoms with Gasteiger partial charge in [-0.2, -0.15) is 5.26 Å². The second-order valence-corrected chi connectivity index (χ2v) is 9.25. The van der Waals surface area contributed by atoms with Crippen molar-refractivity contribution >= 4 is 51.6 Å². The third kappa shape index (κ3) is 7.23. The van der Waals surface area contributed by atoms with E-state index in [0.29, 0.717) is 26.3 Å². The Morgan fingerprint density at radius 3 is 2.34 bits per heavy atom. The molecule has 3 rings (SSSR count). The molecule has 1 N–H and O–H groups in total. The summed E-state index contributed by atoms with van der Waals surface area (Å²) in [5.74, 6) is 0.394. The fourth-order valence-electron chi connectivity index (χ4n) is 3.69. The number of nitro benzene ring substituents is 1. The number of methoxy groups -OCH3 is 1. The number of rotatable bonds is 11. The van der Waals surface area contributed by atoms with Crippen molar-refractivity contribution < 1.29 is 19.2 Å². The molecule has 0 saturated carbocycles. The van der Waals surface area contributed by atoms with E-state index in [9.17, 15) is 20.2 Å². The minimum absolute atomic E-state index is 0.00558. The second kappa shape index (κ2) is 13.4. The normalized spacial score (nSPS) is 10.9. The van der Waals surface area contributed by atoms with Crippen LogP contribution in [0.4, 0.5) is 17.1 Å². The van der Waals surface area contributed by atoms with Crippen LogP contribution in [0.2, 0.25) is 0 Å². The minimum Gasteiger partial charge on any atom is -0.493 e. The van der Waals surface area contributed by atoms with E-state index in [1.165, 1.54) is 25.3 Å². The number of carbonyl (C=O) groups excluding carboxylic acids is 1. The van der Waals surface area contributed by atoms with Crippen LogP contribution in [0.5, 0.6) is 11.5 Å². The molecule has 0 aliphatic rings. The highest BCUT2D eigenvalue weighted by Crippen LogP contribution is 2.35. The Hall–Kier alpha value is -4.11. The molecule has 9 nitrogen and oxygen atoms in total. The van der Waals surface area contributed by atoms with E-state index in [1.54, 1.807) is 24.3 Å². The number of hydrogen-bond acceptors (Lipinski definition) is 7. The Kier molecular flexibility index (Phi) is 10.1. The predicted octanol–water partition coefficient (Wildman–Crippen LogP) is 6.18. The summed E-state index contributed by atoms with van der Waals surface area (Å²) in [6.07, 6.45) is 1.49. The monoisotopic (exact) mass is 626 g/mol. The van der Waals surface area contributed by atoms with Crippen LogP contribution in [0.25, 0.3) is 6.08 Å². The number of nitrogens with one attached hydrogen (secondary N) is 1. The molecular weight excluding hydrogens is 599 g/mol. The van der Waals surface area contributed by atoms with E-state index < -0.39 is 10.8 Å². The first-order valence-corrected chi connectivity index (χ1v) is 12.9. The number of non-ortho nitro benzene ring substituents is 1. The van der Waals surface area contributed by atoms with Crippen LogP contribution in [-0.2, 0) is 11.4 Å². The molecule has 3 aromatic rings. The number of benzene rings is 3. The second-order valence-electron chi connectivity index (χ2n) is 8.09. The molecule has 1 amide bonds. The lowest BCUT2D eigenvalue weighted by atomic mass is 10.1. The average molecular weight is 626 g/mol. The number of anilines is 2. The molecule has 10 heteroatoms. The molecule has 0 unspecified atom stereocenters. The first-order valence-electron chi connectivity index (χ1n) is 11.8. The Balaban J connectivity index is 1.75. The Bertz CT molecular complexity index is 1360. The van der Waals surface area contributed by atoms with E-state index in [4.69, 9.17) is 9.47 Å². The summed E-state index contributed by atoms with van der Waals surface area (Å²) in [6.45, 7) is 6.10. The van der Waals surface area contributed by atoms with Crippen molar-refractivity contribution in [2.45, 2.75) is 20.5 Å². The largest absolute Gasteiger partial charge is 0.493 e. The van der Waals surface area contributed by atoms with Crippen LogP contribution >= 0.6 is 22.6 Å². The number of hydrogen-bond donors (Lipinski definition) is 1. The summed E-state index contributed by atoms with van der Waals surface area (Å²) >= 11 is 2.09. The van der Waals surface area contributed by atoms with Crippen molar-refractivity contribution in [3.8, 4) is 17.6 Å². The van der Waals surface area contributed by atoms with E-state index in [0.717, 1.165) is 24.3 Å². The van der Waals surface area contributed by atoms with Gasteiger partial charge in [0.05, 0.1) is 15.6 Å². The first-order chi connectivity index (χ1) is 18.3. The molecule has 3 aromatic carbocycles. The maximum atomic E-state index is 12.8. The summed E-state index contributed by atoms with van der Waals surface area (Å²) in [7, 11) is 1.50. The summed E-state index contributed by atoms with van der Waals surface area (Å²) in [5.41, 5.74) is 2.94. The minimum atomic E-state index is -0.518. The predicted molar refractivity (Wildman–Crippen MR) is 155 cm³/mol. The van der Waals surface area contributed by atoms with Gasteiger partial charge in [-0.05, 0) is 102 Å². The zero-order chi connectivity index (χ0) is 27.7. The van der Waals surface area contributed by atoms with Gasteiger partial charge in [0.2, 0.25) is 0 Å². The van der Waals surface area contributed by atoms with Gasteiger partial charge in [0.15, 0.2) is 11.5 Å². The quantitative estimate of drug-likeness (QED) is 0.0889. The topological polar surface area (TPSA) is 118 Å². The number of nitrogens with zero attached hydrogens (tertiary/aromatic N) is 3. The fraction of sp³-hybridized carbons (Fsp3) is 0.214. The van der Waals surface area contributed by atoms with Crippen LogP contribution in [-0.4, -0.2) is 31.0 Å². The Morgan fingerprint density at radius 2 is 1.79 bits per heavy atom. The number of carbonyl (C=O) groups is 1. The molecule has 0 aliphatic carbocycles. The molecule has 0 saturated heterocycles. The van der Waals surface area contributed by atoms with Crippen molar-refractivity contribution in [3.63, 3.8) is 0 Å². The van der Waals surface area contributed by atoms with Crippen molar-refractivity contribution in [3.05, 3.63) is 91.0 Å². The van der Waals surface area contributed by atoms with Gasteiger partial charge in [-0.3, -0.25) is 14.9 Å². The van der Waals surface area contributed by atoms with Crippen LogP contribution in [0.3, 0.4) is 0 Å². The van der Waals surface area contributed by atoms with Crippen LogP contribution in [0.1, 0.15) is 25.0 Å². The Morgan fingerprint density at radius 1 is 1.13 bits per heavy atom. The lowest BCUT2D eigenvalue weighted by molar-refractivity contribution is -0.384. The Labute approximate surface area is 235 Å². The highest BCUT2D eigenvalue weighted by molar-refractivity contribution is 14.1. The molecule has 196 valence electrons. The molecule has 0 heterocycles. The zero-order valence-electron chi connectivity index (χ0n) is 21.2. The van der Waals surface area contributed by atoms with E-state index >= 15 is 0 Å².